The van der Waals surface area contributed by atoms with Crippen molar-refractivity contribution in [2.45, 2.75) is 38.5 Å². The van der Waals surface area contributed by atoms with E-state index in [-0.39, 0.29) is 17.7 Å². The molecule has 0 aliphatic carbocycles. The smallest absolute Gasteiger partial charge is 0.163 e. The summed E-state index contributed by atoms with van der Waals surface area (Å²) in [5.41, 5.74) is 11.8. The predicted molar refractivity (Wildman–Crippen MR) is 164 cm³/mol. The summed E-state index contributed by atoms with van der Waals surface area (Å²) in [5.74, 6) is 1.06. The molecule has 0 amide bonds. The van der Waals surface area contributed by atoms with Crippen LogP contribution in [0, 0.1) is 18.3 Å². The molecule has 2 aromatic heterocycles. The molecule has 0 unspecified atom stereocenters. The second kappa shape index (κ2) is 10.5. The number of aromatic nitrogens is 2. The maximum Gasteiger partial charge on any atom is 0.163 e. The standard InChI is InChI=1S/C30H39BN8O/c1-20-15-38(26-6-4-22(14-32)29-24(26)5-8-27(31)35-29)17-23(40-20)16-36-10-12-37(13-11-36)28-9-7-25(21(2)34-28)39-18-30(3,33)19-39/h4-9,20,23H,10-13,15-19,31,33H2,1-3H3/t20-,23+/m1/s1. The monoisotopic (exact) mass is 538 g/mol. The van der Waals surface area contributed by atoms with Gasteiger partial charge in [0.25, 0.3) is 0 Å². The van der Waals surface area contributed by atoms with Crippen LogP contribution in [0.5, 0.6) is 0 Å². The molecule has 0 bridgehead atoms. The van der Waals surface area contributed by atoms with Crippen LogP contribution in [0.25, 0.3) is 10.9 Å². The molecule has 3 aromatic rings. The fourth-order valence-electron chi connectivity index (χ4n) is 6.50. The lowest BCUT2D eigenvalue weighted by Gasteiger charge is -2.47. The number of hydrogen-bond acceptors (Lipinski definition) is 9. The zero-order valence-corrected chi connectivity index (χ0v) is 24.1. The number of benzene rings is 1. The quantitative estimate of drug-likeness (QED) is 0.478. The van der Waals surface area contributed by atoms with E-state index in [1.807, 2.05) is 20.0 Å². The molecule has 2 atom stereocenters. The van der Waals surface area contributed by atoms with Gasteiger partial charge in [-0.3, -0.25) is 9.88 Å². The van der Waals surface area contributed by atoms with E-state index in [2.05, 4.69) is 70.7 Å². The second-order valence-corrected chi connectivity index (χ2v) is 12.1. The van der Waals surface area contributed by atoms with Crippen molar-refractivity contribution in [3.8, 4) is 6.07 Å². The van der Waals surface area contributed by atoms with E-state index >= 15 is 0 Å². The molecule has 3 fully saturated rings. The van der Waals surface area contributed by atoms with Crippen LogP contribution in [-0.4, -0.2) is 99.4 Å². The van der Waals surface area contributed by atoms with Gasteiger partial charge in [-0.25, -0.2) is 4.98 Å². The third-order valence-electron chi connectivity index (χ3n) is 8.41. The van der Waals surface area contributed by atoms with E-state index in [1.165, 1.54) is 5.69 Å². The normalized spacial score (nSPS) is 23.2. The molecule has 0 spiro atoms. The molecule has 0 saturated carbocycles. The largest absolute Gasteiger partial charge is 0.370 e. The van der Waals surface area contributed by atoms with Gasteiger partial charge in [-0.2, -0.15) is 5.26 Å². The van der Waals surface area contributed by atoms with Crippen molar-refractivity contribution in [2.24, 2.45) is 5.73 Å². The zero-order chi connectivity index (χ0) is 28.0. The Kier molecular flexibility index (Phi) is 7.07. The number of nitrogens with two attached hydrogens (primary N) is 1. The number of fused-ring (bicyclic) bond motifs is 1. The first-order valence-electron chi connectivity index (χ1n) is 14.4. The molecule has 1 aromatic carbocycles. The highest BCUT2D eigenvalue weighted by molar-refractivity contribution is 6.31. The summed E-state index contributed by atoms with van der Waals surface area (Å²) in [7, 11) is 1.97. The molecule has 3 aliphatic rings. The molecular weight excluding hydrogens is 499 g/mol. The molecule has 2 N–H and O–H groups in total. The van der Waals surface area contributed by atoms with Crippen molar-refractivity contribution in [2.75, 3.05) is 73.6 Å². The summed E-state index contributed by atoms with van der Waals surface area (Å²) < 4.78 is 6.42. The molecule has 0 radical (unpaired) electrons. The molecular formula is C30H39BN8O. The van der Waals surface area contributed by atoms with Gasteiger partial charge in [0.05, 0.1) is 34.7 Å². The first-order chi connectivity index (χ1) is 19.2. The summed E-state index contributed by atoms with van der Waals surface area (Å²) in [6.45, 7) is 14.5. The highest BCUT2D eigenvalue weighted by atomic mass is 16.5. The molecule has 10 heteroatoms. The number of ether oxygens (including phenoxy) is 1. The zero-order valence-electron chi connectivity index (χ0n) is 24.1. The number of nitriles is 1. The van der Waals surface area contributed by atoms with Crippen LogP contribution in [0.15, 0.2) is 36.4 Å². The highest BCUT2D eigenvalue weighted by Crippen LogP contribution is 2.31. The Morgan fingerprint density at radius 2 is 1.75 bits per heavy atom. The van der Waals surface area contributed by atoms with Gasteiger partial charge in [-0.15, -0.1) is 0 Å². The summed E-state index contributed by atoms with van der Waals surface area (Å²) >= 11 is 0. The Hall–Kier alpha value is -3.39. The van der Waals surface area contributed by atoms with Crippen LogP contribution < -0.4 is 26.0 Å². The van der Waals surface area contributed by atoms with Gasteiger partial charge in [-0.1, -0.05) is 6.07 Å². The van der Waals surface area contributed by atoms with E-state index in [4.69, 9.17) is 20.4 Å². The summed E-state index contributed by atoms with van der Waals surface area (Å²) in [4.78, 5) is 19.3. The minimum absolute atomic E-state index is 0.0928. The van der Waals surface area contributed by atoms with Gasteiger partial charge in [0, 0.05) is 75.5 Å². The van der Waals surface area contributed by atoms with Crippen LogP contribution in [0.2, 0.25) is 0 Å². The van der Waals surface area contributed by atoms with Crippen LogP contribution in [-0.2, 0) is 4.74 Å². The molecule has 40 heavy (non-hydrogen) atoms. The Morgan fingerprint density at radius 1 is 1.00 bits per heavy atom. The summed E-state index contributed by atoms with van der Waals surface area (Å²) in [6.07, 6.45) is 0.238. The van der Waals surface area contributed by atoms with Crippen molar-refractivity contribution in [1.29, 1.82) is 5.26 Å². The number of pyridine rings is 2. The number of hydrogen-bond donors (Lipinski definition) is 1. The van der Waals surface area contributed by atoms with E-state index in [0.717, 1.165) is 92.6 Å². The van der Waals surface area contributed by atoms with Crippen molar-refractivity contribution < 1.29 is 4.74 Å². The van der Waals surface area contributed by atoms with Crippen LogP contribution >= 0.6 is 0 Å². The molecule has 9 nitrogen and oxygen atoms in total. The fourth-order valence-corrected chi connectivity index (χ4v) is 6.50. The average molecular weight is 539 g/mol. The highest BCUT2D eigenvalue weighted by Gasteiger charge is 2.36. The lowest BCUT2D eigenvalue weighted by molar-refractivity contribution is -0.0327. The van der Waals surface area contributed by atoms with Gasteiger partial charge in [0.15, 0.2) is 7.85 Å². The minimum atomic E-state index is -0.0928. The topological polar surface area (TPSA) is 97.8 Å². The fraction of sp³-hybridized carbons (Fsp3) is 0.500. The number of aryl methyl sites for hydroxylation is 1. The Labute approximate surface area is 237 Å². The third-order valence-corrected chi connectivity index (χ3v) is 8.41. The van der Waals surface area contributed by atoms with Gasteiger partial charge in [-0.05, 0) is 56.7 Å². The SMILES string of the molecule is Bc1ccc2c(N3C[C@H](CN4CCN(c5ccc(N6CC(C)(N)C6)c(C)n5)CC4)O[C@H](C)C3)ccc(C#N)c2n1. The van der Waals surface area contributed by atoms with E-state index in [0.29, 0.717) is 5.56 Å². The average Bonchev–Trinajstić information content (AvgIpc) is 2.91. The van der Waals surface area contributed by atoms with E-state index < -0.39 is 0 Å². The number of morpholine rings is 1. The first-order valence-corrected chi connectivity index (χ1v) is 14.4. The van der Waals surface area contributed by atoms with Gasteiger partial charge >= 0.3 is 0 Å². The Morgan fingerprint density at radius 3 is 2.45 bits per heavy atom. The number of rotatable bonds is 5. The maximum atomic E-state index is 9.62. The number of nitrogens with zero attached hydrogens (tertiary/aromatic N) is 7. The van der Waals surface area contributed by atoms with Crippen LogP contribution in [0.1, 0.15) is 25.1 Å². The third kappa shape index (κ3) is 5.34. The molecule has 208 valence electrons. The Bertz CT molecular complexity index is 1440. The number of piperazine rings is 1. The van der Waals surface area contributed by atoms with Crippen LogP contribution in [0.4, 0.5) is 17.2 Å². The van der Waals surface area contributed by atoms with Crippen molar-refractivity contribution in [3.05, 3.63) is 47.7 Å². The first kappa shape index (κ1) is 26.8. The molecule has 3 aliphatic heterocycles. The Balaban J connectivity index is 1.08. The summed E-state index contributed by atoms with van der Waals surface area (Å²) in [6, 6.07) is 14.8. The van der Waals surface area contributed by atoms with Gasteiger partial charge in [0.2, 0.25) is 0 Å². The lowest BCUT2D eigenvalue weighted by Crippen LogP contribution is -2.65. The van der Waals surface area contributed by atoms with Crippen molar-refractivity contribution in [3.63, 3.8) is 0 Å². The second-order valence-electron chi connectivity index (χ2n) is 12.1. The molecule has 5 heterocycles. The maximum absolute atomic E-state index is 9.62. The number of anilines is 3. The minimum Gasteiger partial charge on any atom is -0.370 e. The van der Waals surface area contributed by atoms with Crippen LogP contribution in [0.3, 0.4) is 0 Å². The molecule has 6 rings (SSSR count). The lowest BCUT2D eigenvalue weighted by atomic mass is 9.93. The van der Waals surface area contributed by atoms with E-state index in [9.17, 15) is 5.26 Å². The molecule has 3 saturated heterocycles. The summed E-state index contributed by atoms with van der Waals surface area (Å²) in [5, 5.41) is 10.7. The van der Waals surface area contributed by atoms with E-state index in [1.54, 1.807) is 0 Å². The van der Waals surface area contributed by atoms with Crippen molar-refractivity contribution >= 4 is 41.5 Å². The van der Waals surface area contributed by atoms with Gasteiger partial charge < -0.3 is 25.2 Å². The van der Waals surface area contributed by atoms with Gasteiger partial charge in [0.1, 0.15) is 11.9 Å². The predicted octanol–water partition coefficient (Wildman–Crippen LogP) is 1.02. The van der Waals surface area contributed by atoms with Crippen molar-refractivity contribution in [1.82, 2.24) is 14.9 Å².